The number of carbonyl (C=O) groups is 2. The summed E-state index contributed by atoms with van der Waals surface area (Å²) in [6.45, 7) is -0.684. The van der Waals surface area contributed by atoms with Crippen molar-refractivity contribution in [2.75, 3.05) is 13.1 Å². The second kappa shape index (κ2) is 8.41. The van der Waals surface area contributed by atoms with Gasteiger partial charge in [0.1, 0.15) is 0 Å². The summed E-state index contributed by atoms with van der Waals surface area (Å²) in [6, 6.07) is 6.04. The molecular weight excluding hydrogens is 449 g/mol. The van der Waals surface area contributed by atoms with E-state index in [2.05, 4.69) is 9.97 Å². The lowest BCUT2D eigenvalue weighted by molar-refractivity contribution is -0.514. The Labute approximate surface area is 184 Å². The van der Waals surface area contributed by atoms with Gasteiger partial charge in [0, 0.05) is 19.2 Å². The van der Waals surface area contributed by atoms with Crippen molar-refractivity contribution in [3.05, 3.63) is 66.0 Å². The van der Waals surface area contributed by atoms with E-state index in [0.29, 0.717) is 0 Å². The third-order valence-electron chi connectivity index (χ3n) is 5.30. The number of pyridine rings is 2. The zero-order valence-electron chi connectivity index (χ0n) is 17.1. The molecule has 12 heteroatoms. The quantitative estimate of drug-likeness (QED) is 0.456. The van der Waals surface area contributed by atoms with Crippen LogP contribution in [0.25, 0.3) is 5.52 Å². The van der Waals surface area contributed by atoms with Crippen molar-refractivity contribution in [3.8, 4) is 0 Å². The molecule has 4 rings (SSSR count). The second-order valence-electron chi connectivity index (χ2n) is 7.69. The first-order valence-electron chi connectivity index (χ1n) is 10.0. The fourth-order valence-electron chi connectivity index (χ4n) is 3.78. The van der Waals surface area contributed by atoms with Crippen molar-refractivity contribution >= 4 is 17.3 Å². The van der Waals surface area contributed by atoms with Crippen LogP contribution in [0.1, 0.15) is 45.7 Å². The monoisotopic (exact) mass is 468 g/mol. The van der Waals surface area contributed by atoms with Crippen LogP contribution in [-0.4, -0.2) is 51.9 Å². The molecule has 3 aromatic heterocycles. The van der Waals surface area contributed by atoms with Crippen LogP contribution in [0.2, 0.25) is 0 Å². The number of imidazole rings is 1. The van der Waals surface area contributed by atoms with E-state index in [9.17, 15) is 31.5 Å². The average Bonchev–Trinajstić information content (AvgIpc) is 3.16. The molecule has 0 radical (unpaired) electrons. The van der Waals surface area contributed by atoms with Crippen LogP contribution in [0.15, 0.2) is 48.8 Å². The summed E-state index contributed by atoms with van der Waals surface area (Å²) in [7, 11) is 0. The average molecular weight is 468 g/mol. The molecule has 1 saturated heterocycles. The van der Waals surface area contributed by atoms with Crippen molar-refractivity contribution in [1.29, 1.82) is 0 Å². The van der Waals surface area contributed by atoms with Gasteiger partial charge in [0.05, 0.1) is 18.4 Å². The number of aromatic amines is 1. The summed E-state index contributed by atoms with van der Waals surface area (Å²) in [6.07, 6.45) is -2.48. The van der Waals surface area contributed by atoms with E-state index >= 15 is 0 Å². The van der Waals surface area contributed by atoms with E-state index < -0.39 is 42.2 Å². The molecule has 1 aliphatic heterocycles. The number of rotatable bonds is 4. The first-order chi connectivity index (χ1) is 15.6. The lowest BCUT2D eigenvalue weighted by atomic mass is 10.1. The molecule has 2 N–H and O–H groups in total. The normalized spacial score (nSPS) is 17.1. The molecule has 0 spiro atoms. The van der Waals surface area contributed by atoms with Gasteiger partial charge < -0.3 is 10.2 Å². The first kappa shape index (κ1) is 22.6. The maximum atomic E-state index is 13.8. The van der Waals surface area contributed by atoms with Crippen molar-refractivity contribution in [1.82, 2.24) is 20.2 Å². The van der Waals surface area contributed by atoms with Gasteiger partial charge in [-0.1, -0.05) is 12.1 Å². The van der Waals surface area contributed by atoms with Gasteiger partial charge in [0.2, 0.25) is 5.69 Å². The number of halogens is 5. The predicted molar refractivity (Wildman–Crippen MR) is 105 cm³/mol. The van der Waals surface area contributed by atoms with Gasteiger partial charge >= 0.3 is 17.9 Å². The first-order valence-corrected chi connectivity index (χ1v) is 10.0. The highest BCUT2D eigenvalue weighted by Crippen LogP contribution is 2.32. The summed E-state index contributed by atoms with van der Waals surface area (Å²) < 4.78 is 69.8. The summed E-state index contributed by atoms with van der Waals surface area (Å²) in [4.78, 5) is 33.0. The van der Waals surface area contributed by atoms with Gasteiger partial charge in [-0.25, -0.2) is 13.8 Å². The summed E-state index contributed by atoms with van der Waals surface area (Å²) in [5, 5.41) is 1.91. The number of nitrogens with zero attached hydrogens (tertiary/aromatic N) is 3. The summed E-state index contributed by atoms with van der Waals surface area (Å²) >= 11 is 0. The molecule has 4 heterocycles. The van der Waals surface area contributed by atoms with Crippen molar-refractivity contribution < 1.29 is 35.9 Å². The van der Waals surface area contributed by atoms with Crippen LogP contribution in [0, 0.1) is 0 Å². The van der Waals surface area contributed by atoms with Crippen LogP contribution in [0.3, 0.4) is 0 Å². The molecule has 1 atom stereocenters. The number of H-pyrrole nitrogens is 1. The van der Waals surface area contributed by atoms with E-state index in [1.54, 1.807) is 0 Å². The van der Waals surface area contributed by atoms with Gasteiger partial charge in [-0.2, -0.15) is 17.6 Å². The Kier molecular flexibility index (Phi) is 5.76. The van der Waals surface area contributed by atoms with Gasteiger partial charge in [-0.3, -0.25) is 14.6 Å². The number of fused-ring (bicyclic) bond motifs is 1. The SMILES string of the molecule is O=C(NC(c1ccccn1)C(F)(F)F)c1[nH]c(C(=O)N2CCCC(F)(F)C2)[n+]2ccccc12. The fourth-order valence-corrected chi connectivity index (χ4v) is 3.78. The molecule has 2 amide bonds. The van der Waals surface area contributed by atoms with E-state index in [-0.39, 0.29) is 36.4 Å². The molecule has 0 bridgehead atoms. The van der Waals surface area contributed by atoms with Crippen molar-refractivity contribution in [2.24, 2.45) is 0 Å². The number of likely N-dealkylation sites (tertiary alicyclic amines) is 1. The van der Waals surface area contributed by atoms with Crippen LogP contribution >= 0.6 is 0 Å². The van der Waals surface area contributed by atoms with Gasteiger partial charge in [0.25, 0.3) is 11.8 Å². The Morgan fingerprint density at radius 1 is 1.18 bits per heavy atom. The van der Waals surface area contributed by atoms with Gasteiger partial charge in [0.15, 0.2) is 11.6 Å². The van der Waals surface area contributed by atoms with E-state index in [1.807, 2.05) is 5.32 Å². The van der Waals surface area contributed by atoms with Gasteiger partial charge in [-0.15, -0.1) is 0 Å². The zero-order chi connectivity index (χ0) is 23.8. The minimum atomic E-state index is -4.84. The lowest BCUT2D eigenvalue weighted by Crippen LogP contribution is -2.48. The summed E-state index contributed by atoms with van der Waals surface area (Å²) in [5.41, 5.74) is -0.606. The maximum Gasteiger partial charge on any atom is 0.414 e. The molecule has 7 nitrogen and oxygen atoms in total. The lowest BCUT2D eigenvalue weighted by Gasteiger charge is -2.31. The molecule has 3 aromatic rings. The zero-order valence-corrected chi connectivity index (χ0v) is 17.1. The number of hydrogen-bond acceptors (Lipinski definition) is 3. The van der Waals surface area contributed by atoms with Crippen molar-refractivity contribution in [2.45, 2.75) is 31.0 Å². The van der Waals surface area contributed by atoms with Crippen LogP contribution in [-0.2, 0) is 0 Å². The number of nitrogens with one attached hydrogen (secondary N) is 2. The van der Waals surface area contributed by atoms with E-state index in [1.165, 1.54) is 47.1 Å². The molecule has 0 saturated carbocycles. The smallest absolute Gasteiger partial charge is 0.332 e. The highest BCUT2D eigenvalue weighted by molar-refractivity contribution is 6.00. The Morgan fingerprint density at radius 2 is 1.94 bits per heavy atom. The third kappa shape index (κ3) is 4.64. The summed E-state index contributed by atoms with van der Waals surface area (Å²) in [5.74, 6) is -5.17. The number of alkyl halides is 5. The molecule has 0 aliphatic carbocycles. The Bertz CT molecular complexity index is 1180. The maximum absolute atomic E-state index is 13.8. The number of aromatic nitrogens is 3. The minimum absolute atomic E-state index is 0.0969. The third-order valence-corrected chi connectivity index (χ3v) is 5.30. The topological polar surface area (TPSA) is 82.2 Å². The van der Waals surface area contributed by atoms with Crippen molar-refractivity contribution in [3.63, 3.8) is 0 Å². The number of hydrogen-bond donors (Lipinski definition) is 2. The van der Waals surface area contributed by atoms with Crippen LogP contribution in [0.5, 0.6) is 0 Å². The molecule has 33 heavy (non-hydrogen) atoms. The molecule has 1 aliphatic rings. The molecule has 1 fully saturated rings. The number of amides is 2. The standard InChI is InChI=1S/C21H18F5N5O2/c22-20(23)8-5-10-30(12-20)19(33)17-28-15(14-7-2-4-11-31(14)17)18(32)29-16(21(24,25)26)13-6-1-3-9-27-13/h1-4,6-7,9,11,16H,5,8,10,12H2,(H,29,32)/p+1. The van der Waals surface area contributed by atoms with Crippen LogP contribution < -0.4 is 9.72 Å². The second-order valence-corrected chi connectivity index (χ2v) is 7.69. The Morgan fingerprint density at radius 3 is 2.61 bits per heavy atom. The largest absolute Gasteiger partial charge is 0.414 e. The Hall–Kier alpha value is -3.57. The fraction of sp³-hybridized carbons (Fsp3) is 0.333. The minimum Gasteiger partial charge on any atom is -0.332 e. The molecular formula is C21H19F5N5O2+. The molecule has 0 aromatic carbocycles. The highest BCUT2D eigenvalue weighted by Gasteiger charge is 2.45. The molecule has 174 valence electrons. The Balaban J connectivity index is 1.68. The van der Waals surface area contributed by atoms with Gasteiger partial charge in [-0.05, 0) is 30.7 Å². The number of piperidine rings is 1. The predicted octanol–water partition coefficient (Wildman–Crippen LogP) is 3.05. The van der Waals surface area contributed by atoms with E-state index in [0.717, 1.165) is 11.0 Å². The number of carbonyl (C=O) groups excluding carboxylic acids is 2. The van der Waals surface area contributed by atoms with Crippen LogP contribution in [0.4, 0.5) is 22.0 Å². The molecule has 1 unspecified atom stereocenters. The highest BCUT2D eigenvalue weighted by atomic mass is 19.4. The van der Waals surface area contributed by atoms with E-state index in [4.69, 9.17) is 0 Å².